The van der Waals surface area contributed by atoms with Crippen molar-refractivity contribution < 1.29 is 9.90 Å². The third-order valence-corrected chi connectivity index (χ3v) is 4.26. The molecule has 0 spiro atoms. The molecular weight excluding hydrogens is 248 g/mol. The minimum Gasteiger partial charge on any atom is -0.477 e. The Morgan fingerprint density at radius 2 is 2.17 bits per heavy atom. The number of fused-ring (bicyclic) bond motifs is 1. The van der Waals surface area contributed by atoms with Gasteiger partial charge in [0.2, 0.25) is 0 Å². The molecule has 5 heteroatoms. The van der Waals surface area contributed by atoms with Gasteiger partial charge in [0.05, 0.1) is 5.69 Å². The monoisotopic (exact) mass is 262 g/mol. The Morgan fingerprint density at radius 3 is 2.72 bits per heavy atom. The first-order chi connectivity index (χ1) is 8.58. The zero-order chi connectivity index (χ0) is 12.9. The molecule has 18 heavy (non-hydrogen) atoms. The highest BCUT2D eigenvalue weighted by molar-refractivity contribution is 7.21. The van der Waals surface area contributed by atoms with E-state index in [9.17, 15) is 9.90 Å². The summed E-state index contributed by atoms with van der Waals surface area (Å²) in [5.74, 6) is -0.290. The number of hydrogen-bond donors (Lipinski definition) is 1. The zero-order valence-corrected chi connectivity index (χ0v) is 11.1. The van der Waals surface area contributed by atoms with E-state index >= 15 is 0 Å². The summed E-state index contributed by atoms with van der Waals surface area (Å²) in [6, 6.07) is 4.04. The van der Waals surface area contributed by atoms with E-state index in [2.05, 4.69) is 4.98 Å². The normalized spacial score (nSPS) is 15.0. The highest BCUT2D eigenvalue weighted by Crippen LogP contribution is 2.42. The van der Waals surface area contributed by atoms with Crippen molar-refractivity contribution in [2.24, 2.45) is 0 Å². The Kier molecular flexibility index (Phi) is 2.52. The van der Waals surface area contributed by atoms with Crippen LogP contribution in [0.1, 0.15) is 34.1 Å². The Balaban J connectivity index is 2.22. The van der Waals surface area contributed by atoms with Gasteiger partial charge in [0.15, 0.2) is 0 Å². The van der Waals surface area contributed by atoms with Gasteiger partial charge in [-0.1, -0.05) is 0 Å². The summed E-state index contributed by atoms with van der Waals surface area (Å²) in [7, 11) is 3.73. The second kappa shape index (κ2) is 3.95. The molecule has 2 heterocycles. The van der Waals surface area contributed by atoms with Gasteiger partial charge in [-0.3, -0.25) is 0 Å². The summed E-state index contributed by atoms with van der Waals surface area (Å²) in [6.45, 7) is 0. The van der Waals surface area contributed by atoms with Crippen molar-refractivity contribution in [3.63, 3.8) is 0 Å². The fraction of sp³-hybridized carbons (Fsp3) is 0.385. The average Bonchev–Trinajstić information content (AvgIpc) is 3.07. The molecule has 0 radical (unpaired) electrons. The molecule has 1 aliphatic rings. The van der Waals surface area contributed by atoms with Crippen LogP contribution in [0.15, 0.2) is 12.1 Å². The number of anilines is 1. The van der Waals surface area contributed by atoms with Crippen molar-refractivity contribution in [3.05, 3.63) is 22.7 Å². The lowest BCUT2D eigenvalue weighted by Gasteiger charge is -2.12. The first kappa shape index (κ1) is 11.5. The van der Waals surface area contributed by atoms with E-state index in [1.54, 1.807) is 0 Å². The molecule has 2 aromatic rings. The molecule has 0 saturated heterocycles. The Labute approximate surface area is 109 Å². The number of nitrogens with zero attached hydrogens (tertiary/aromatic N) is 2. The van der Waals surface area contributed by atoms with Crippen molar-refractivity contribution in [2.45, 2.75) is 18.8 Å². The lowest BCUT2D eigenvalue weighted by atomic mass is 10.2. The summed E-state index contributed by atoms with van der Waals surface area (Å²) < 4.78 is 0. The van der Waals surface area contributed by atoms with Gasteiger partial charge in [-0.2, -0.15) is 0 Å². The summed E-state index contributed by atoms with van der Waals surface area (Å²) in [5, 5.41) is 10.2. The maximum Gasteiger partial charge on any atom is 0.348 e. The number of carboxylic acid groups (broad SMARTS) is 1. The summed E-state index contributed by atoms with van der Waals surface area (Å²) in [5.41, 5.74) is 1.86. The van der Waals surface area contributed by atoms with Crippen molar-refractivity contribution in [2.75, 3.05) is 19.0 Å². The van der Waals surface area contributed by atoms with E-state index in [1.807, 2.05) is 31.1 Å². The van der Waals surface area contributed by atoms with Gasteiger partial charge in [-0.15, -0.1) is 11.3 Å². The van der Waals surface area contributed by atoms with Gasteiger partial charge in [0.1, 0.15) is 9.71 Å². The van der Waals surface area contributed by atoms with E-state index in [-0.39, 0.29) is 0 Å². The van der Waals surface area contributed by atoms with Crippen molar-refractivity contribution in [1.29, 1.82) is 0 Å². The first-order valence-electron chi connectivity index (χ1n) is 5.92. The van der Waals surface area contributed by atoms with Gasteiger partial charge in [-0.25, -0.2) is 9.78 Å². The highest BCUT2D eigenvalue weighted by atomic mass is 32.1. The molecule has 1 fully saturated rings. The van der Waals surface area contributed by atoms with Gasteiger partial charge < -0.3 is 10.0 Å². The SMILES string of the molecule is CN(C)c1c(C(=O)O)sc2nc(C3CC3)ccc12. The second-order valence-corrected chi connectivity index (χ2v) is 5.84. The fourth-order valence-electron chi connectivity index (χ4n) is 2.18. The van der Waals surface area contributed by atoms with Crippen LogP contribution in [-0.4, -0.2) is 30.2 Å². The zero-order valence-electron chi connectivity index (χ0n) is 10.3. The number of aromatic nitrogens is 1. The number of aromatic carboxylic acids is 1. The van der Waals surface area contributed by atoms with Crippen molar-refractivity contribution >= 4 is 33.2 Å². The molecule has 0 aromatic carbocycles. The van der Waals surface area contributed by atoms with E-state index in [0.29, 0.717) is 10.8 Å². The molecule has 1 N–H and O–H groups in total. The van der Waals surface area contributed by atoms with Crippen LogP contribution < -0.4 is 4.90 Å². The van der Waals surface area contributed by atoms with E-state index in [0.717, 1.165) is 21.6 Å². The number of carboxylic acids is 1. The van der Waals surface area contributed by atoms with E-state index < -0.39 is 5.97 Å². The molecule has 0 bridgehead atoms. The maximum atomic E-state index is 11.3. The van der Waals surface area contributed by atoms with Crippen LogP contribution in [0, 0.1) is 0 Å². The number of thiophene rings is 1. The fourth-order valence-corrected chi connectivity index (χ4v) is 3.27. The van der Waals surface area contributed by atoms with Crippen LogP contribution in [0.25, 0.3) is 10.2 Å². The molecule has 0 unspecified atom stereocenters. The third-order valence-electron chi connectivity index (χ3n) is 3.19. The smallest absolute Gasteiger partial charge is 0.348 e. The average molecular weight is 262 g/mol. The van der Waals surface area contributed by atoms with E-state index in [4.69, 9.17) is 0 Å². The molecule has 2 aromatic heterocycles. The van der Waals surface area contributed by atoms with Gasteiger partial charge in [0, 0.05) is 31.1 Å². The molecule has 4 nitrogen and oxygen atoms in total. The Bertz CT molecular complexity index is 629. The predicted molar refractivity (Wildman–Crippen MR) is 72.9 cm³/mol. The van der Waals surface area contributed by atoms with Crippen LogP contribution in [0.2, 0.25) is 0 Å². The molecule has 0 atom stereocenters. The van der Waals surface area contributed by atoms with Crippen LogP contribution in [0.5, 0.6) is 0 Å². The van der Waals surface area contributed by atoms with Gasteiger partial charge in [0.25, 0.3) is 0 Å². The van der Waals surface area contributed by atoms with Gasteiger partial charge in [-0.05, 0) is 25.0 Å². The molecule has 94 valence electrons. The number of carbonyl (C=O) groups is 1. The summed E-state index contributed by atoms with van der Waals surface area (Å²) >= 11 is 1.27. The highest BCUT2D eigenvalue weighted by Gasteiger charge is 2.26. The van der Waals surface area contributed by atoms with Crippen LogP contribution >= 0.6 is 11.3 Å². The molecule has 1 aliphatic carbocycles. The molecular formula is C13H14N2O2S. The Hall–Kier alpha value is -1.62. The maximum absolute atomic E-state index is 11.3. The second-order valence-electron chi connectivity index (χ2n) is 4.84. The summed E-state index contributed by atoms with van der Waals surface area (Å²) in [6.07, 6.45) is 2.41. The van der Waals surface area contributed by atoms with Crippen molar-refractivity contribution in [3.8, 4) is 0 Å². The summed E-state index contributed by atoms with van der Waals surface area (Å²) in [4.78, 5) is 18.9. The standard InChI is InChI=1S/C13H14N2O2S/c1-15(2)10-8-5-6-9(7-3-4-7)14-12(8)18-11(10)13(16)17/h5-7H,3-4H2,1-2H3,(H,16,17). The lowest BCUT2D eigenvalue weighted by molar-refractivity contribution is 0.0703. The van der Waals surface area contributed by atoms with E-state index in [1.165, 1.54) is 24.2 Å². The predicted octanol–water partition coefficient (Wildman–Crippen LogP) is 2.94. The molecule has 0 aliphatic heterocycles. The molecule has 1 saturated carbocycles. The number of hydrogen-bond acceptors (Lipinski definition) is 4. The topological polar surface area (TPSA) is 53.4 Å². The van der Waals surface area contributed by atoms with Crippen molar-refractivity contribution in [1.82, 2.24) is 4.98 Å². The lowest BCUT2D eigenvalue weighted by Crippen LogP contribution is -2.11. The minimum atomic E-state index is -0.880. The minimum absolute atomic E-state index is 0.371. The van der Waals surface area contributed by atoms with Crippen LogP contribution in [0.4, 0.5) is 5.69 Å². The quantitative estimate of drug-likeness (QED) is 0.924. The third kappa shape index (κ3) is 1.75. The van der Waals surface area contributed by atoms with Crippen LogP contribution in [0.3, 0.4) is 0 Å². The largest absolute Gasteiger partial charge is 0.477 e. The van der Waals surface area contributed by atoms with Gasteiger partial charge >= 0.3 is 5.97 Å². The number of rotatable bonds is 3. The van der Waals surface area contributed by atoms with Crippen LogP contribution in [-0.2, 0) is 0 Å². The Morgan fingerprint density at radius 1 is 1.44 bits per heavy atom. The number of pyridine rings is 1. The first-order valence-corrected chi connectivity index (χ1v) is 6.73. The molecule has 0 amide bonds. The molecule has 3 rings (SSSR count).